The maximum absolute atomic E-state index is 12.4. The first-order valence-corrected chi connectivity index (χ1v) is 6.77. The predicted octanol–water partition coefficient (Wildman–Crippen LogP) is 3.30. The molecule has 2 aromatic rings. The van der Waals surface area contributed by atoms with Crippen molar-refractivity contribution in [1.29, 1.82) is 0 Å². The minimum atomic E-state index is -0.260. The first-order valence-electron chi connectivity index (χ1n) is 6.77. The van der Waals surface area contributed by atoms with Gasteiger partial charge in [-0.15, -0.1) is 0 Å². The largest absolute Gasteiger partial charge is 0.370 e. The van der Waals surface area contributed by atoms with Crippen molar-refractivity contribution < 1.29 is 9.53 Å². The molecule has 1 aromatic heterocycles. The number of ketones is 1. The molecule has 1 aromatic carbocycles. The Labute approximate surface area is 112 Å². The molecule has 1 aliphatic heterocycles. The number of nitrogens with zero attached hydrogens (tertiary/aromatic N) is 1. The molecule has 0 saturated carbocycles. The Kier molecular flexibility index (Phi) is 3.30. The molecular weight excluding hydrogens is 238 g/mol. The molecule has 3 heteroatoms. The van der Waals surface area contributed by atoms with E-state index in [1.54, 1.807) is 0 Å². The predicted molar refractivity (Wildman–Crippen MR) is 74.4 cm³/mol. The molecule has 3 rings (SSSR count). The molecule has 2 heterocycles. The van der Waals surface area contributed by atoms with Crippen molar-refractivity contribution in [3.8, 4) is 0 Å². The Morgan fingerprint density at radius 3 is 2.95 bits per heavy atom. The first-order chi connectivity index (χ1) is 9.24. The third-order valence-electron chi connectivity index (χ3n) is 3.59. The summed E-state index contributed by atoms with van der Waals surface area (Å²) < 4.78 is 5.56. The van der Waals surface area contributed by atoms with Crippen LogP contribution in [0.2, 0.25) is 0 Å². The van der Waals surface area contributed by atoms with Gasteiger partial charge in [-0.05, 0) is 50.5 Å². The van der Waals surface area contributed by atoms with Crippen LogP contribution in [-0.4, -0.2) is 23.5 Å². The number of fused-ring (bicyclic) bond motifs is 1. The number of carbonyl (C=O) groups excluding carboxylic acids is 1. The third-order valence-corrected chi connectivity index (χ3v) is 3.59. The van der Waals surface area contributed by atoms with Crippen LogP contribution in [-0.2, 0) is 4.74 Å². The number of hydrogen-bond acceptors (Lipinski definition) is 3. The van der Waals surface area contributed by atoms with Gasteiger partial charge in [0, 0.05) is 23.3 Å². The SMILES string of the molecule is Cc1ccc2cc(C(=O)C3CCCCO3)ccc2n1. The van der Waals surface area contributed by atoms with E-state index >= 15 is 0 Å². The lowest BCUT2D eigenvalue weighted by molar-refractivity contribution is 0.0186. The van der Waals surface area contributed by atoms with Crippen LogP contribution in [0.25, 0.3) is 10.9 Å². The number of ether oxygens (including phenoxy) is 1. The maximum Gasteiger partial charge on any atom is 0.191 e. The van der Waals surface area contributed by atoms with Crippen LogP contribution in [0.4, 0.5) is 0 Å². The summed E-state index contributed by atoms with van der Waals surface area (Å²) in [6.45, 7) is 2.67. The van der Waals surface area contributed by atoms with Gasteiger partial charge in [0.25, 0.3) is 0 Å². The van der Waals surface area contributed by atoms with E-state index in [1.165, 1.54) is 0 Å². The number of carbonyl (C=O) groups is 1. The number of aryl methyl sites for hydroxylation is 1. The molecule has 1 fully saturated rings. The maximum atomic E-state index is 12.4. The van der Waals surface area contributed by atoms with Crippen molar-refractivity contribution in [3.63, 3.8) is 0 Å². The summed E-state index contributed by atoms with van der Waals surface area (Å²) in [7, 11) is 0. The van der Waals surface area contributed by atoms with Gasteiger partial charge in [0.05, 0.1) is 5.52 Å². The van der Waals surface area contributed by atoms with Gasteiger partial charge in [0.1, 0.15) is 6.10 Å². The van der Waals surface area contributed by atoms with E-state index in [9.17, 15) is 4.79 Å². The van der Waals surface area contributed by atoms with Crippen molar-refractivity contribution >= 4 is 16.7 Å². The van der Waals surface area contributed by atoms with Crippen LogP contribution in [0.5, 0.6) is 0 Å². The lowest BCUT2D eigenvalue weighted by atomic mass is 9.98. The summed E-state index contributed by atoms with van der Waals surface area (Å²) in [5.41, 5.74) is 2.65. The molecule has 0 spiro atoms. The molecule has 98 valence electrons. The Morgan fingerprint density at radius 2 is 2.16 bits per heavy atom. The molecule has 0 bridgehead atoms. The van der Waals surface area contributed by atoms with Gasteiger partial charge in [0.15, 0.2) is 5.78 Å². The zero-order valence-corrected chi connectivity index (χ0v) is 11.1. The third kappa shape index (κ3) is 2.51. The number of pyridine rings is 1. The van der Waals surface area contributed by atoms with E-state index < -0.39 is 0 Å². The summed E-state index contributed by atoms with van der Waals surface area (Å²) in [5.74, 6) is 0.0992. The molecule has 1 aliphatic rings. The van der Waals surface area contributed by atoms with E-state index in [4.69, 9.17) is 4.74 Å². The zero-order chi connectivity index (χ0) is 13.2. The molecule has 1 atom stereocenters. The number of benzene rings is 1. The summed E-state index contributed by atoms with van der Waals surface area (Å²) in [6.07, 6.45) is 2.71. The van der Waals surface area contributed by atoms with Crippen molar-refractivity contribution in [2.45, 2.75) is 32.3 Å². The first kappa shape index (κ1) is 12.3. The molecule has 1 unspecified atom stereocenters. The van der Waals surface area contributed by atoms with Gasteiger partial charge in [0.2, 0.25) is 0 Å². The average molecular weight is 255 g/mol. The minimum absolute atomic E-state index is 0.0992. The van der Waals surface area contributed by atoms with Crippen LogP contribution in [0.3, 0.4) is 0 Å². The Bertz CT molecular complexity index is 615. The fraction of sp³-hybridized carbons (Fsp3) is 0.375. The summed E-state index contributed by atoms with van der Waals surface area (Å²) >= 11 is 0. The highest BCUT2D eigenvalue weighted by Crippen LogP contribution is 2.20. The monoisotopic (exact) mass is 255 g/mol. The fourth-order valence-electron chi connectivity index (χ4n) is 2.51. The average Bonchev–Trinajstić information content (AvgIpc) is 2.47. The number of Topliss-reactive ketones (excluding diaryl/α,β-unsaturated/α-hetero) is 1. The summed E-state index contributed by atoms with van der Waals surface area (Å²) in [4.78, 5) is 16.8. The second-order valence-corrected chi connectivity index (χ2v) is 5.08. The lowest BCUT2D eigenvalue weighted by Crippen LogP contribution is -2.28. The van der Waals surface area contributed by atoms with E-state index in [0.29, 0.717) is 6.61 Å². The van der Waals surface area contributed by atoms with Crippen LogP contribution >= 0.6 is 0 Å². The highest BCUT2D eigenvalue weighted by atomic mass is 16.5. The Morgan fingerprint density at radius 1 is 1.26 bits per heavy atom. The second-order valence-electron chi connectivity index (χ2n) is 5.08. The van der Waals surface area contributed by atoms with Crippen LogP contribution in [0.15, 0.2) is 30.3 Å². The summed E-state index contributed by atoms with van der Waals surface area (Å²) in [5, 5.41) is 1.01. The molecular formula is C16H17NO2. The summed E-state index contributed by atoms with van der Waals surface area (Å²) in [6, 6.07) is 9.67. The minimum Gasteiger partial charge on any atom is -0.370 e. The Balaban J connectivity index is 1.92. The molecule has 19 heavy (non-hydrogen) atoms. The lowest BCUT2D eigenvalue weighted by Gasteiger charge is -2.21. The van der Waals surface area contributed by atoms with Crippen molar-refractivity contribution in [2.75, 3.05) is 6.61 Å². The molecule has 3 nitrogen and oxygen atoms in total. The van der Waals surface area contributed by atoms with Gasteiger partial charge < -0.3 is 4.74 Å². The number of hydrogen-bond donors (Lipinski definition) is 0. The molecule has 0 radical (unpaired) electrons. The number of aromatic nitrogens is 1. The van der Waals surface area contributed by atoms with E-state index in [0.717, 1.165) is 41.4 Å². The second kappa shape index (κ2) is 5.10. The topological polar surface area (TPSA) is 39.2 Å². The van der Waals surface area contributed by atoms with Crippen LogP contribution in [0.1, 0.15) is 35.3 Å². The zero-order valence-electron chi connectivity index (χ0n) is 11.1. The van der Waals surface area contributed by atoms with E-state index in [1.807, 2.05) is 37.3 Å². The normalized spacial score (nSPS) is 19.5. The molecule has 0 amide bonds. The van der Waals surface area contributed by atoms with E-state index in [-0.39, 0.29) is 11.9 Å². The fourth-order valence-corrected chi connectivity index (χ4v) is 2.51. The van der Waals surface area contributed by atoms with E-state index in [2.05, 4.69) is 4.98 Å². The van der Waals surface area contributed by atoms with Crippen LogP contribution < -0.4 is 0 Å². The molecule has 1 saturated heterocycles. The smallest absolute Gasteiger partial charge is 0.191 e. The van der Waals surface area contributed by atoms with Crippen LogP contribution in [0, 0.1) is 6.92 Å². The Hall–Kier alpha value is -1.74. The van der Waals surface area contributed by atoms with Gasteiger partial charge >= 0.3 is 0 Å². The highest BCUT2D eigenvalue weighted by molar-refractivity contribution is 6.02. The number of rotatable bonds is 2. The quantitative estimate of drug-likeness (QED) is 0.773. The highest BCUT2D eigenvalue weighted by Gasteiger charge is 2.23. The van der Waals surface area contributed by atoms with Gasteiger partial charge in [-0.1, -0.05) is 6.07 Å². The van der Waals surface area contributed by atoms with Crippen molar-refractivity contribution in [2.24, 2.45) is 0 Å². The molecule has 0 aliphatic carbocycles. The van der Waals surface area contributed by atoms with Gasteiger partial charge in [-0.25, -0.2) is 0 Å². The standard InChI is InChI=1S/C16H17NO2/c1-11-5-6-12-10-13(7-8-14(12)17-11)16(18)15-4-2-3-9-19-15/h5-8,10,15H,2-4,9H2,1H3. The van der Waals surface area contributed by atoms with Gasteiger partial charge in [-0.3, -0.25) is 9.78 Å². The van der Waals surface area contributed by atoms with Crippen molar-refractivity contribution in [1.82, 2.24) is 4.98 Å². The van der Waals surface area contributed by atoms with Crippen molar-refractivity contribution in [3.05, 3.63) is 41.6 Å². The molecule has 0 N–H and O–H groups in total. The van der Waals surface area contributed by atoms with Gasteiger partial charge in [-0.2, -0.15) is 0 Å².